The van der Waals surface area contributed by atoms with Gasteiger partial charge in [0.05, 0.1) is 22.4 Å². The first-order chi connectivity index (χ1) is 23.8. The molecule has 0 N–H and O–H groups in total. The highest BCUT2D eigenvalue weighted by Gasteiger charge is 2.20. The summed E-state index contributed by atoms with van der Waals surface area (Å²) in [6.45, 7) is 0. The highest BCUT2D eigenvalue weighted by atomic mass is 16.3. The van der Waals surface area contributed by atoms with Gasteiger partial charge < -0.3 is 8.98 Å². The van der Waals surface area contributed by atoms with Crippen molar-refractivity contribution in [1.82, 2.24) is 14.5 Å². The Hall–Kier alpha value is -6.52. The number of furan rings is 1. The summed E-state index contributed by atoms with van der Waals surface area (Å²) in [5.74, 6) is 0.711. The molecular formula is C44H27N3O. The van der Waals surface area contributed by atoms with Crippen LogP contribution in [0.4, 0.5) is 0 Å². The van der Waals surface area contributed by atoms with E-state index in [4.69, 9.17) is 14.4 Å². The van der Waals surface area contributed by atoms with Crippen LogP contribution in [-0.2, 0) is 0 Å². The van der Waals surface area contributed by atoms with Crippen LogP contribution in [0.1, 0.15) is 0 Å². The molecule has 0 atom stereocenters. The predicted molar refractivity (Wildman–Crippen MR) is 197 cm³/mol. The lowest BCUT2D eigenvalue weighted by Crippen LogP contribution is -1.97. The third-order valence-corrected chi connectivity index (χ3v) is 9.41. The molecule has 48 heavy (non-hydrogen) atoms. The standard InChI is InChI=1S/C44H27N3O/c1-3-12-29(13-4-1)36-27-37(46-44(45-36)31-14-5-2-6-15-31)30-19-22-32(23-20-30)47-38-18-10-9-17-34(38)41-39(47)25-26-40-42(41)35-24-21-28-11-7-8-16-33(28)43(35)48-40/h1-27H. The molecule has 0 saturated heterocycles. The minimum atomic E-state index is 0.711. The molecule has 0 aliphatic rings. The molecule has 0 unspecified atom stereocenters. The lowest BCUT2D eigenvalue weighted by Gasteiger charge is -2.11. The van der Waals surface area contributed by atoms with E-state index in [1.54, 1.807) is 0 Å². The smallest absolute Gasteiger partial charge is 0.160 e. The van der Waals surface area contributed by atoms with E-state index in [2.05, 4.69) is 132 Å². The van der Waals surface area contributed by atoms with Gasteiger partial charge in [0.25, 0.3) is 0 Å². The zero-order chi connectivity index (χ0) is 31.6. The molecule has 4 heteroatoms. The van der Waals surface area contributed by atoms with Crippen LogP contribution in [-0.4, -0.2) is 14.5 Å². The Kier molecular flexibility index (Phi) is 5.84. The van der Waals surface area contributed by atoms with E-state index in [-0.39, 0.29) is 0 Å². The normalized spacial score (nSPS) is 11.8. The molecule has 10 aromatic rings. The van der Waals surface area contributed by atoms with Crippen molar-refractivity contribution in [3.8, 4) is 39.6 Å². The average molecular weight is 614 g/mol. The zero-order valence-electron chi connectivity index (χ0n) is 25.8. The summed E-state index contributed by atoms with van der Waals surface area (Å²) in [7, 11) is 0. The average Bonchev–Trinajstić information content (AvgIpc) is 3.71. The van der Waals surface area contributed by atoms with Gasteiger partial charge in [-0.05, 0) is 47.9 Å². The molecule has 0 bridgehead atoms. The number of hydrogen-bond donors (Lipinski definition) is 0. The van der Waals surface area contributed by atoms with Crippen LogP contribution in [0.5, 0.6) is 0 Å². The SMILES string of the molecule is c1ccc(-c2cc(-c3ccc(-n4c5ccccc5c5c6c(ccc54)oc4c5ccccc5ccc46)cc3)nc(-c3ccccc3)n2)cc1. The van der Waals surface area contributed by atoms with Crippen LogP contribution >= 0.6 is 0 Å². The topological polar surface area (TPSA) is 43.9 Å². The van der Waals surface area contributed by atoms with Crippen molar-refractivity contribution in [2.24, 2.45) is 0 Å². The second-order valence-electron chi connectivity index (χ2n) is 12.2. The summed E-state index contributed by atoms with van der Waals surface area (Å²) in [6, 6.07) is 57.1. The van der Waals surface area contributed by atoms with Gasteiger partial charge in [0.15, 0.2) is 5.82 Å². The molecule has 0 spiro atoms. The van der Waals surface area contributed by atoms with Gasteiger partial charge in [0.2, 0.25) is 0 Å². The molecule has 7 aromatic carbocycles. The van der Waals surface area contributed by atoms with E-state index in [1.165, 1.54) is 16.2 Å². The lowest BCUT2D eigenvalue weighted by atomic mass is 10.0. The number of fused-ring (bicyclic) bond motifs is 9. The van der Waals surface area contributed by atoms with Crippen molar-refractivity contribution in [2.45, 2.75) is 0 Å². The monoisotopic (exact) mass is 613 g/mol. The summed E-state index contributed by atoms with van der Waals surface area (Å²) in [5.41, 5.74) is 10.1. The van der Waals surface area contributed by atoms with Crippen LogP contribution in [0.3, 0.4) is 0 Å². The van der Waals surface area contributed by atoms with E-state index >= 15 is 0 Å². The van der Waals surface area contributed by atoms with E-state index < -0.39 is 0 Å². The summed E-state index contributed by atoms with van der Waals surface area (Å²) in [6.07, 6.45) is 0. The number of rotatable bonds is 4. The van der Waals surface area contributed by atoms with Crippen LogP contribution < -0.4 is 0 Å². The van der Waals surface area contributed by atoms with Gasteiger partial charge in [-0.1, -0.05) is 121 Å². The van der Waals surface area contributed by atoms with Crippen molar-refractivity contribution in [3.63, 3.8) is 0 Å². The minimum Gasteiger partial charge on any atom is -0.455 e. The Morgan fingerprint density at radius 1 is 0.438 bits per heavy atom. The number of para-hydroxylation sites is 1. The Bertz CT molecular complexity index is 2760. The quantitative estimate of drug-likeness (QED) is 0.198. The van der Waals surface area contributed by atoms with Crippen molar-refractivity contribution in [1.29, 1.82) is 0 Å². The van der Waals surface area contributed by atoms with Crippen molar-refractivity contribution in [2.75, 3.05) is 0 Å². The van der Waals surface area contributed by atoms with Crippen molar-refractivity contribution >= 4 is 54.5 Å². The van der Waals surface area contributed by atoms with Crippen LogP contribution in [0, 0.1) is 0 Å². The molecule has 10 rings (SSSR count). The summed E-state index contributed by atoms with van der Waals surface area (Å²) < 4.78 is 8.92. The minimum absolute atomic E-state index is 0.711. The van der Waals surface area contributed by atoms with Gasteiger partial charge in [-0.2, -0.15) is 0 Å². The number of hydrogen-bond acceptors (Lipinski definition) is 3. The Balaban J connectivity index is 1.15. The van der Waals surface area contributed by atoms with Gasteiger partial charge >= 0.3 is 0 Å². The maximum absolute atomic E-state index is 6.56. The van der Waals surface area contributed by atoms with Gasteiger partial charge in [-0.3, -0.25) is 0 Å². The van der Waals surface area contributed by atoms with Gasteiger partial charge in [-0.15, -0.1) is 0 Å². The fourth-order valence-electron chi connectivity index (χ4n) is 7.18. The first kappa shape index (κ1) is 26.7. The van der Waals surface area contributed by atoms with E-state index in [0.29, 0.717) is 5.82 Å². The predicted octanol–water partition coefficient (Wildman–Crippen LogP) is 11.6. The Morgan fingerprint density at radius 2 is 1.08 bits per heavy atom. The van der Waals surface area contributed by atoms with Gasteiger partial charge in [-0.25, -0.2) is 9.97 Å². The number of nitrogens with zero attached hydrogens (tertiary/aromatic N) is 3. The Labute approximate surface area is 276 Å². The summed E-state index contributed by atoms with van der Waals surface area (Å²) in [4.78, 5) is 10.0. The molecule has 224 valence electrons. The van der Waals surface area contributed by atoms with E-state index in [0.717, 1.165) is 72.1 Å². The molecule has 0 saturated carbocycles. The van der Waals surface area contributed by atoms with Crippen molar-refractivity contribution in [3.05, 3.63) is 164 Å². The Morgan fingerprint density at radius 3 is 1.85 bits per heavy atom. The highest BCUT2D eigenvalue weighted by Crippen LogP contribution is 2.43. The summed E-state index contributed by atoms with van der Waals surface area (Å²) >= 11 is 0. The first-order valence-corrected chi connectivity index (χ1v) is 16.2. The molecule has 3 aromatic heterocycles. The molecule has 0 aliphatic carbocycles. The third-order valence-electron chi connectivity index (χ3n) is 9.41. The molecule has 4 nitrogen and oxygen atoms in total. The second-order valence-corrected chi connectivity index (χ2v) is 12.2. The fourth-order valence-corrected chi connectivity index (χ4v) is 7.18. The number of aromatic nitrogens is 3. The van der Waals surface area contributed by atoms with Crippen LogP contribution in [0.25, 0.3) is 94.1 Å². The van der Waals surface area contributed by atoms with E-state index in [1.807, 2.05) is 36.4 Å². The van der Waals surface area contributed by atoms with Gasteiger partial charge in [0, 0.05) is 49.3 Å². The number of benzene rings is 7. The molecule has 0 radical (unpaired) electrons. The highest BCUT2D eigenvalue weighted by molar-refractivity contribution is 6.29. The van der Waals surface area contributed by atoms with E-state index in [9.17, 15) is 0 Å². The molecular weight excluding hydrogens is 587 g/mol. The summed E-state index contributed by atoms with van der Waals surface area (Å²) in [5, 5.41) is 7.01. The van der Waals surface area contributed by atoms with Gasteiger partial charge in [0.1, 0.15) is 11.2 Å². The molecule has 0 amide bonds. The molecule has 0 fully saturated rings. The largest absolute Gasteiger partial charge is 0.455 e. The molecule has 3 heterocycles. The van der Waals surface area contributed by atoms with Crippen LogP contribution in [0.15, 0.2) is 168 Å². The third kappa shape index (κ3) is 4.10. The lowest BCUT2D eigenvalue weighted by molar-refractivity contribution is 0.673. The maximum atomic E-state index is 6.56. The maximum Gasteiger partial charge on any atom is 0.160 e. The zero-order valence-corrected chi connectivity index (χ0v) is 25.8. The molecule has 0 aliphatic heterocycles. The van der Waals surface area contributed by atoms with Crippen LogP contribution in [0.2, 0.25) is 0 Å². The fraction of sp³-hybridized carbons (Fsp3) is 0. The first-order valence-electron chi connectivity index (χ1n) is 16.2. The van der Waals surface area contributed by atoms with Crippen molar-refractivity contribution < 1.29 is 4.42 Å². The second kappa shape index (κ2) is 10.5.